The molecule has 1 aliphatic rings. The number of aliphatic hydroxyl groups excluding tert-OH is 1. The summed E-state index contributed by atoms with van der Waals surface area (Å²) in [5, 5.41) is 12.4. The van der Waals surface area contributed by atoms with Crippen LogP contribution in [0.15, 0.2) is 35.7 Å². The summed E-state index contributed by atoms with van der Waals surface area (Å²) in [6, 6.07) is 10.9. The van der Waals surface area contributed by atoms with Gasteiger partial charge in [-0.3, -0.25) is 0 Å². The van der Waals surface area contributed by atoms with Crippen molar-refractivity contribution in [1.29, 1.82) is 0 Å². The Morgan fingerprint density at radius 3 is 2.95 bits per heavy atom. The lowest BCUT2D eigenvalue weighted by atomic mass is 9.97. The molecule has 2 atom stereocenters. The molecule has 3 rings (SSSR count). The van der Waals surface area contributed by atoms with Crippen LogP contribution in [0.4, 0.5) is 5.69 Å². The van der Waals surface area contributed by atoms with Crippen LogP contribution in [0.5, 0.6) is 0 Å². The van der Waals surface area contributed by atoms with Gasteiger partial charge >= 0.3 is 0 Å². The molecule has 1 aliphatic heterocycles. The molecule has 0 saturated heterocycles. The van der Waals surface area contributed by atoms with E-state index in [0.29, 0.717) is 6.04 Å². The monoisotopic (exact) mass is 287 g/mol. The van der Waals surface area contributed by atoms with E-state index >= 15 is 0 Å². The quantitative estimate of drug-likeness (QED) is 0.909. The Morgan fingerprint density at radius 2 is 2.15 bits per heavy atom. The largest absolute Gasteiger partial charge is 0.388 e. The average molecular weight is 287 g/mol. The second-order valence-electron chi connectivity index (χ2n) is 5.40. The van der Waals surface area contributed by atoms with Crippen molar-refractivity contribution in [3.63, 3.8) is 0 Å². The zero-order valence-corrected chi connectivity index (χ0v) is 12.9. The fraction of sp³-hybridized carbons (Fsp3) is 0.412. The number of hydrogen-bond acceptors (Lipinski definition) is 3. The summed E-state index contributed by atoms with van der Waals surface area (Å²) in [5.74, 6) is 0. The smallest absolute Gasteiger partial charge is 0.0807 e. The zero-order chi connectivity index (χ0) is 14.1. The fourth-order valence-corrected chi connectivity index (χ4v) is 4.05. The molecule has 0 spiro atoms. The number of hydrogen-bond donors (Lipinski definition) is 1. The summed E-state index contributed by atoms with van der Waals surface area (Å²) in [7, 11) is 0. The van der Waals surface area contributed by atoms with E-state index in [-0.39, 0.29) is 6.10 Å². The van der Waals surface area contributed by atoms with Crippen LogP contribution < -0.4 is 4.90 Å². The van der Waals surface area contributed by atoms with Gasteiger partial charge in [-0.15, -0.1) is 11.3 Å². The van der Waals surface area contributed by atoms with Crippen molar-refractivity contribution in [3.05, 3.63) is 51.7 Å². The number of nitrogens with zero attached hydrogens (tertiary/aromatic N) is 1. The van der Waals surface area contributed by atoms with Crippen molar-refractivity contribution >= 4 is 17.0 Å². The minimum Gasteiger partial charge on any atom is -0.388 e. The number of para-hydroxylation sites is 1. The molecule has 0 amide bonds. The standard InChI is InChI=1S/C17H21NOS/c1-3-16(19)14-6-4-5-7-15(14)18-10-8-17-13(12(18)2)9-11-20-17/h4-7,9,11-12,16,19H,3,8,10H2,1-2H3/t12?,16-/m0/s1. The van der Waals surface area contributed by atoms with Crippen LogP contribution in [0.3, 0.4) is 0 Å². The second kappa shape index (κ2) is 5.58. The first kappa shape index (κ1) is 13.7. The van der Waals surface area contributed by atoms with Crippen molar-refractivity contribution in [2.24, 2.45) is 0 Å². The van der Waals surface area contributed by atoms with Crippen LogP contribution in [-0.2, 0) is 6.42 Å². The highest BCUT2D eigenvalue weighted by Gasteiger charge is 2.27. The molecule has 2 heterocycles. The molecular formula is C17H21NOS. The molecule has 0 radical (unpaired) electrons. The maximum absolute atomic E-state index is 10.3. The van der Waals surface area contributed by atoms with Gasteiger partial charge in [0.25, 0.3) is 0 Å². The van der Waals surface area contributed by atoms with E-state index in [2.05, 4.69) is 41.5 Å². The first-order valence-corrected chi connectivity index (χ1v) is 8.20. The van der Waals surface area contributed by atoms with Gasteiger partial charge < -0.3 is 10.0 Å². The lowest BCUT2D eigenvalue weighted by Crippen LogP contribution is -2.34. The molecule has 20 heavy (non-hydrogen) atoms. The molecule has 106 valence electrons. The van der Waals surface area contributed by atoms with Gasteiger partial charge in [0.05, 0.1) is 12.1 Å². The van der Waals surface area contributed by atoms with Gasteiger partial charge in [-0.2, -0.15) is 0 Å². The summed E-state index contributed by atoms with van der Waals surface area (Å²) in [6.07, 6.45) is 1.49. The van der Waals surface area contributed by atoms with Crippen LogP contribution in [0, 0.1) is 0 Å². The summed E-state index contributed by atoms with van der Waals surface area (Å²) in [6.45, 7) is 5.32. The van der Waals surface area contributed by atoms with Crippen molar-refractivity contribution in [2.75, 3.05) is 11.4 Å². The van der Waals surface area contributed by atoms with E-state index in [9.17, 15) is 5.11 Å². The molecule has 0 fully saturated rings. The summed E-state index contributed by atoms with van der Waals surface area (Å²) in [4.78, 5) is 3.95. The van der Waals surface area contributed by atoms with Crippen molar-refractivity contribution in [3.8, 4) is 0 Å². The molecule has 1 aromatic heterocycles. The van der Waals surface area contributed by atoms with Gasteiger partial charge in [0.15, 0.2) is 0 Å². The molecule has 1 unspecified atom stereocenters. The SMILES string of the molecule is CC[C@H](O)c1ccccc1N1CCc2sccc2C1C. The molecule has 3 heteroatoms. The van der Waals surface area contributed by atoms with Crippen molar-refractivity contribution < 1.29 is 5.11 Å². The average Bonchev–Trinajstić information content (AvgIpc) is 2.96. The predicted octanol–water partition coefficient (Wildman–Crippen LogP) is 4.32. The lowest BCUT2D eigenvalue weighted by Gasteiger charge is -2.37. The third-order valence-corrected chi connectivity index (χ3v) is 5.27. The van der Waals surface area contributed by atoms with E-state index in [1.54, 1.807) is 0 Å². The van der Waals surface area contributed by atoms with Crippen LogP contribution in [0.25, 0.3) is 0 Å². The van der Waals surface area contributed by atoms with E-state index in [1.807, 2.05) is 24.3 Å². The molecule has 0 aliphatic carbocycles. The Hall–Kier alpha value is -1.32. The van der Waals surface area contributed by atoms with Gasteiger partial charge in [-0.25, -0.2) is 0 Å². The number of rotatable bonds is 3. The Morgan fingerprint density at radius 1 is 1.35 bits per heavy atom. The van der Waals surface area contributed by atoms with E-state index in [1.165, 1.54) is 16.1 Å². The predicted molar refractivity (Wildman–Crippen MR) is 85.5 cm³/mol. The number of fused-ring (bicyclic) bond motifs is 1. The maximum atomic E-state index is 10.3. The summed E-state index contributed by atoms with van der Waals surface area (Å²) < 4.78 is 0. The molecular weight excluding hydrogens is 266 g/mol. The topological polar surface area (TPSA) is 23.5 Å². The van der Waals surface area contributed by atoms with Crippen LogP contribution in [0.1, 0.15) is 48.4 Å². The van der Waals surface area contributed by atoms with Gasteiger partial charge in [0.1, 0.15) is 0 Å². The lowest BCUT2D eigenvalue weighted by molar-refractivity contribution is 0.174. The highest BCUT2D eigenvalue weighted by molar-refractivity contribution is 7.10. The fourth-order valence-electron chi connectivity index (χ4n) is 3.09. The van der Waals surface area contributed by atoms with Crippen LogP contribution in [0.2, 0.25) is 0 Å². The number of thiophene rings is 1. The highest BCUT2D eigenvalue weighted by Crippen LogP contribution is 2.38. The zero-order valence-electron chi connectivity index (χ0n) is 12.0. The number of anilines is 1. The maximum Gasteiger partial charge on any atom is 0.0807 e. The van der Waals surface area contributed by atoms with Crippen molar-refractivity contribution in [1.82, 2.24) is 0 Å². The van der Waals surface area contributed by atoms with Gasteiger partial charge in [-0.05, 0) is 42.8 Å². The minimum atomic E-state index is -0.373. The van der Waals surface area contributed by atoms with E-state index < -0.39 is 0 Å². The third kappa shape index (κ3) is 2.25. The first-order chi connectivity index (χ1) is 9.72. The Balaban J connectivity index is 1.98. The number of benzene rings is 1. The van der Waals surface area contributed by atoms with E-state index in [4.69, 9.17) is 0 Å². The Bertz CT molecular complexity index is 592. The molecule has 1 N–H and O–H groups in total. The summed E-state index contributed by atoms with van der Waals surface area (Å²) in [5.41, 5.74) is 3.69. The van der Waals surface area contributed by atoms with E-state index in [0.717, 1.165) is 24.9 Å². The Labute approximate surface area is 124 Å². The van der Waals surface area contributed by atoms with Crippen LogP contribution in [-0.4, -0.2) is 11.7 Å². The highest BCUT2D eigenvalue weighted by atomic mass is 32.1. The Kier molecular flexibility index (Phi) is 3.81. The summed E-state index contributed by atoms with van der Waals surface area (Å²) >= 11 is 1.87. The first-order valence-electron chi connectivity index (χ1n) is 7.32. The normalized spacial score (nSPS) is 19.8. The second-order valence-corrected chi connectivity index (χ2v) is 6.40. The number of aliphatic hydroxyl groups is 1. The third-order valence-electron chi connectivity index (χ3n) is 4.27. The van der Waals surface area contributed by atoms with Crippen molar-refractivity contribution in [2.45, 2.75) is 38.8 Å². The van der Waals surface area contributed by atoms with Gasteiger partial charge in [0, 0.05) is 22.7 Å². The van der Waals surface area contributed by atoms with Crippen LogP contribution >= 0.6 is 11.3 Å². The molecule has 2 aromatic rings. The molecule has 0 bridgehead atoms. The molecule has 0 saturated carbocycles. The molecule has 1 aromatic carbocycles. The van der Waals surface area contributed by atoms with Gasteiger partial charge in [-0.1, -0.05) is 25.1 Å². The molecule has 2 nitrogen and oxygen atoms in total. The van der Waals surface area contributed by atoms with Gasteiger partial charge in [0.2, 0.25) is 0 Å². The minimum absolute atomic E-state index is 0.373.